The number of anilines is 2. The summed E-state index contributed by atoms with van der Waals surface area (Å²) in [6.45, 7) is 4.45. The van der Waals surface area contributed by atoms with E-state index >= 15 is 0 Å². The monoisotopic (exact) mass is 262 g/mol. The predicted molar refractivity (Wildman–Crippen MR) is 77.4 cm³/mol. The van der Waals surface area contributed by atoms with Crippen LogP contribution in [-0.2, 0) is 0 Å². The summed E-state index contributed by atoms with van der Waals surface area (Å²) >= 11 is 0. The Labute approximate surface area is 114 Å². The van der Waals surface area contributed by atoms with Gasteiger partial charge in [0.05, 0.1) is 16.9 Å². The van der Waals surface area contributed by atoms with Gasteiger partial charge in [0.15, 0.2) is 0 Å². The van der Waals surface area contributed by atoms with Crippen LogP contribution >= 0.6 is 0 Å². The fourth-order valence-corrected chi connectivity index (χ4v) is 3.12. The van der Waals surface area contributed by atoms with Crippen LogP contribution in [0.2, 0.25) is 0 Å². The van der Waals surface area contributed by atoms with Crippen LogP contribution in [0.4, 0.5) is 11.4 Å². The highest BCUT2D eigenvalue weighted by molar-refractivity contribution is 5.97. The van der Waals surface area contributed by atoms with Crippen LogP contribution in [0, 0.1) is 11.8 Å². The Kier molecular flexibility index (Phi) is 3.98. The number of rotatable bonds is 4. The van der Waals surface area contributed by atoms with Gasteiger partial charge < -0.3 is 16.2 Å². The van der Waals surface area contributed by atoms with E-state index in [0.717, 1.165) is 12.3 Å². The van der Waals surface area contributed by atoms with Crippen molar-refractivity contribution in [2.45, 2.75) is 39.2 Å². The molecule has 0 amide bonds. The Hall–Kier alpha value is -1.71. The lowest BCUT2D eigenvalue weighted by Gasteiger charge is -2.23. The molecule has 4 heteroatoms. The Morgan fingerprint density at radius 3 is 2.79 bits per heavy atom. The van der Waals surface area contributed by atoms with Crippen molar-refractivity contribution in [2.24, 2.45) is 11.8 Å². The highest BCUT2D eigenvalue weighted by Gasteiger charge is 2.32. The van der Waals surface area contributed by atoms with Crippen LogP contribution < -0.4 is 11.1 Å². The highest BCUT2D eigenvalue weighted by Crippen LogP contribution is 2.37. The van der Waals surface area contributed by atoms with Crippen LogP contribution in [0.5, 0.6) is 0 Å². The van der Waals surface area contributed by atoms with Crippen molar-refractivity contribution in [1.29, 1.82) is 0 Å². The predicted octanol–water partition coefficient (Wildman–Crippen LogP) is 3.20. The van der Waals surface area contributed by atoms with Crippen molar-refractivity contribution >= 4 is 17.3 Å². The topological polar surface area (TPSA) is 75.3 Å². The van der Waals surface area contributed by atoms with Crippen LogP contribution in [0.3, 0.4) is 0 Å². The van der Waals surface area contributed by atoms with E-state index in [4.69, 9.17) is 5.73 Å². The SMILES string of the molecule is CCC1CCC(Nc2c(N)cccc2C(=O)O)C1C. The Bertz CT molecular complexity index is 473. The molecular weight excluding hydrogens is 240 g/mol. The number of carboxylic acid groups (broad SMARTS) is 1. The number of hydrogen-bond acceptors (Lipinski definition) is 3. The molecule has 1 aliphatic rings. The second-order valence-corrected chi connectivity index (χ2v) is 5.43. The van der Waals surface area contributed by atoms with Gasteiger partial charge in [-0.05, 0) is 36.8 Å². The fourth-order valence-electron chi connectivity index (χ4n) is 3.12. The van der Waals surface area contributed by atoms with Crippen LogP contribution in [0.15, 0.2) is 18.2 Å². The van der Waals surface area contributed by atoms with E-state index in [2.05, 4.69) is 19.2 Å². The Morgan fingerprint density at radius 1 is 1.47 bits per heavy atom. The molecule has 1 aromatic carbocycles. The second-order valence-electron chi connectivity index (χ2n) is 5.43. The maximum atomic E-state index is 11.3. The molecule has 1 aromatic rings. The maximum Gasteiger partial charge on any atom is 0.337 e. The summed E-state index contributed by atoms with van der Waals surface area (Å²) < 4.78 is 0. The Morgan fingerprint density at radius 2 is 2.21 bits per heavy atom. The number of para-hydroxylation sites is 1. The van der Waals surface area contributed by atoms with E-state index in [1.807, 2.05) is 0 Å². The lowest BCUT2D eigenvalue weighted by Crippen LogP contribution is -2.26. The molecule has 1 aliphatic carbocycles. The number of nitrogen functional groups attached to an aromatic ring is 1. The lowest BCUT2D eigenvalue weighted by atomic mass is 9.93. The first-order valence-corrected chi connectivity index (χ1v) is 6.92. The molecule has 0 aromatic heterocycles. The van der Waals surface area contributed by atoms with Gasteiger partial charge in [0.1, 0.15) is 0 Å². The number of carbonyl (C=O) groups is 1. The van der Waals surface area contributed by atoms with Gasteiger partial charge in [0.2, 0.25) is 0 Å². The molecule has 4 N–H and O–H groups in total. The average molecular weight is 262 g/mol. The smallest absolute Gasteiger partial charge is 0.337 e. The molecule has 0 radical (unpaired) electrons. The van der Waals surface area contributed by atoms with Crippen molar-refractivity contribution in [1.82, 2.24) is 0 Å². The summed E-state index contributed by atoms with van der Waals surface area (Å²) in [6, 6.07) is 5.33. The number of aromatic carboxylic acids is 1. The van der Waals surface area contributed by atoms with Crippen molar-refractivity contribution < 1.29 is 9.90 Å². The third-order valence-corrected chi connectivity index (χ3v) is 4.41. The minimum atomic E-state index is -0.938. The second kappa shape index (κ2) is 5.51. The van der Waals surface area contributed by atoms with Gasteiger partial charge in [-0.2, -0.15) is 0 Å². The number of carboxylic acids is 1. The molecule has 3 unspecified atom stereocenters. The normalized spacial score (nSPS) is 26.3. The summed E-state index contributed by atoms with van der Waals surface area (Å²) in [6.07, 6.45) is 3.45. The molecule has 4 nitrogen and oxygen atoms in total. The Balaban J connectivity index is 2.22. The number of nitrogens with two attached hydrogens (primary N) is 1. The molecule has 2 rings (SSSR count). The van der Waals surface area contributed by atoms with Crippen molar-refractivity contribution in [3.05, 3.63) is 23.8 Å². The van der Waals surface area contributed by atoms with Crippen LogP contribution in [0.25, 0.3) is 0 Å². The minimum Gasteiger partial charge on any atom is -0.478 e. The van der Waals surface area contributed by atoms with Crippen LogP contribution in [-0.4, -0.2) is 17.1 Å². The molecule has 0 aliphatic heterocycles. The summed E-state index contributed by atoms with van der Waals surface area (Å²) in [7, 11) is 0. The molecule has 0 heterocycles. The van der Waals surface area contributed by atoms with E-state index in [-0.39, 0.29) is 5.56 Å². The van der Waals surface area contributed by atoms with Gasteiger partial charge in [0, 0.05) is 6.04 Å². The van der Waals surface area contributed by atoms with Gasteiger partial charge in [-0.25, -0.2) is 4.79 Å². The first kappa shape index (κ1) is 13.7. The zero-order valence-electron chi connectivity index (χ0n) is 11.5. The van der Waals surface area contributed by atoms with Gasteiger partial charge in [-0.1, -0.05) is 26.3 Å². The third-order valence-electron chi connectivity index (χ3n) is 4.41. The quantitative estimate of drug-likeness (QED) is 0.728. The molecule has 0 spiro atoms. The molecule has 1 saturated carbocycles. The van der Waals surface area contributed by atoms with Crippen molar-refractivity contribution in [3.8, 4) is 0 Å². The maximum absolute atomic E-state index is 11.3. The summed E-state index contributed by atoms with van der Waals surface area (Å²) in [5.74, 6) is 0.328. The first-order chi connectivity index (χ1) is 9.04. The van der Waals surface area contributed by atoms with E-state index in [9.17, 15) is 9.90 Å². The number of hydrogen-bond donors (Lipinski definition) is 3. The molecule has 0 saturated heterocycles. The largest absolute Gasteiger partial charge is 0.478 e. The summed E-state index contributed by atoms with van der Waals surface area (Å²) in [5, 5.41) is 12.6. The van der Waals surface area contributed by atoms with Crippen molar-refractivity contribution in [3.63, 3.8) is 0 Å². The third kappa shape index (κ3) is 2.67. The molecular formula is C15H22N2O2. The lowest BCUT2D eigenvalue weighted by molar-refractivity contribution is 0.0698. The minimum absolute atomic E-state index is 0.257. The van der Waals surface area contributed by atoms with E-state index in [0.29, 0.717) is 23.3 Å². The average Bonchev–Trinajstić information content (AvgIpc) is 2.72. The molecule has 19 heavy (non-hydrogen) atoms. The summed E-state index contributed by atoms with van der Waals surface area (Å²) in [4.78, 5) is 11.3. The first-order valence-electron chi connectivity index (χ1n) is 6.92. The zero-order chi connectivity index (χ0) is 14.0. The van der Waals surface area contributed by atoms with Gasteiger partial charge in [-0.3, -0.25) is 0 Å². The molecule has 104 valence electrons. The van der Waals surface area contributed by atoms with Gasteiger partial charge >= 0.3 is 5.97 Å². The summed E-state index contributed by atoms with van der Waals surface area (Å²) in [5.41, 5.74) is 7.26. The standard InChI is InChI=1S/C15H22N2O2/c1-3-10-7-8-13(9(10)2)17-14-11(15(18)19)5-4-6-12(14)16/h4-6,9-10,13,17H,3,7-8,16H2,1-2H3,(H,18,19). The number of benzene rings is 1. The van der Waals surface area contributed by atoms with Crippen LogP contribution in [0.1, 0.15) is 43.5 Å². The van der Waals surface area contributed by atoms with E-state index in [1.54, 1.807) is 18.2 Å². The van der Waals surface area contributed by atoms with Crippen molar-refractivity contribution in [2.75, 3.05) is 11.1 Å². The number of nitrogens with one attached hydrogen (secondary N) is 1. The van der Waals surface area contributed by atoms with E-state index < -0.39 is 5.97 Å². The van der Waals surface area contributed by atoms with Gasteiger partial charge in [-0.15, -0.1) is 0 Å². The molecule has 0 bridgehead atoms. The highest BCUT2D eigenvalue weighted by atomic mass is 16.4. The fraction of sp³-hybridized carbons (Fsp3) is 0.533. The molecule has 1 fully saturated rings. The van der Waals surface area contributed by atoms with E-state index in [1.165, 1.54) is 12.8 Å². The van der Waals surface area contributed by atoms with Gasteiger partial charge in [0.25, 0.3) is 0 Å². The zero-order valence-corrected chi connectivity index (χ0v) is 11.5. The molecule has 3 atom stereocenters.